The summed E-state index contributed by atoms with van der Waals surface area (Å²) in [5.74, 6) is 0.648. The monoisotopic (exact) mass is 279 g/mol. The summed E-state index contributed by atoms with van der Waals surface area (Å²) in [5, 5.41) is 4.02. The molecule has 0 spiro atoms. The van der Waals surface area contributed by atoms with E-state index in [-0.39, 0.29) is 5.75 Å². The fourth-order valence-corrected chi connectivity index (χ4v) is 2.77. The zero-order valence-electron chi connectivity index (χ0n) is 9.89. The molecule has 1 aromatic heterocycles. The van der Waals surface area contributed by atoms with Gasteiger partial charge in [-0.3, -0.25) is 4.68 Å². The molecular formula is C10H18ClN3O2S. The Labute approximate surface area is 107 Å². The highest BCUT2D eigenvalue weighted by Gasteiger charge is 2.09. The van der Waals surface area contributed by atoms with Crippen LogP contribution in [0.4, 0.5) is 0 Å². The fourth-order valence-electron chi connectivity index (χ4n) is 1.44. The number of nitrogens with one attached hydrogen (secondary N) is 1. The van der Waals surface area contributed by atoms with Crippen LogP contribution in [-0.2, 0) is 23.5 Å². The predicted octanol–water partition coefficient (Wildman–Crippen LogP) is 0.901. The first-order valence-electron chi connectivity index (χ1n) is 5.55. The highest BCUT2D eigenvalue weighted by atomic mass is 35.5. The van der Waals surface area contributed by atoms with Gasteiger partial charge in [-0.1, -0.05) is 0 Å². The molecule has 0 aromatic carbocycles. The maximum absolute atomic E-state index is 11.5. The molecule has 0 aliphatic rings. The number of alkyl halides is 1. The second-order valence-corrected chi connectivity index (χ2v) is 6.11. The summed E-state index contributed by atoms with van der Waals surface area (Å²) in [7, 11) is -1.32. The first-order chi connectivity index (χ1) is 8.05. The Balaban J connectivity index is 2.28. The van der Waals surface area contributed by atoms with Crippen molar-refractivity contribution in [2.24, 2.45) is 7.05 Å². The Bertz CT molecular complexity index is 431. The number of rotatable bonds is 8. The van der Waals surface area contributed by atoms with Crippen LogP contribution in [0.2, 0.25) is 0 Å². The third kappa shape index (κ3) is 5.52. The Hall–Kier alpha value is -0.590. The molecule has 0 unspecified atom stereocenters. The second-order valence-electron chi connectivity index (χ2n) is 3.81. The van der Waals surface area contributed by atoms with E-state index < -0.39 is 10.0 Å². The van der Waals surface area contributed by atoms with Gasteiger partial charge in [0.05, 0.1) is 5.75 Å². The lowest BCUT2D eigenvalue weighted by atomic mass is 10.3. The predicted molar refractivity (Wildman–Crippen MR) is 68.7 cm³/mol. The van der Waals surface area contributed by atoms with E-state index in [2.05, 4.69) is 9.82 Å². The molecule has 1 heterocycles. The number of hydrogen-bond donors (Lipinski definition) is 1. The number of hydrogen-bond acceptors (Lipinski definition) is 3. The van der Waals surface area contributed by atoms with Gasteiger partial charge in [0.1, 0.15) is 0 Å². The molecule has 98 valence electrons. The van der Waals surface area contributed by atoms with Crippen LogP contribution < -0.4 is 4.72 Å². The van der Waals surface area contributed by atoms with Crippen LogP contribution in [0.5, 0.6) is 0 Å². The SMILES string of the molecule is Cn1nccc1CCNS(=O)(=O)CCCCCl. The Morgan fingerprint density at radius 3 is 2.82 bits per heavy atom. The molecule has 0 amide bonds. The second kappa shape index (κ2) is 6.98. The lowest BCUT2D eigenvalue weighted by Gasteiger charge is -2.06. The zero-order valence-corrected chi connectivity index (χ0v) is 11.5. The maximum Gasteiger partial charge on any atom is 0.211 e. The first-order valence-corrected chi connectivity index (χ1v) is 7.74. The van der Waals surface area contributed by atoms with E-state index in [1.54, 1.807) is 10.9 Å². The average Bonchev–Trinajstić information content (AvgIpc) is 2.64. The van der Waals surface area contributed by atoms with Crippen molar-refractivity contribution in [1.82, 2.24) is 14.5 Å². The minimum absolute atomic E-state index is 0.144. The average molecular weight is 280 g/mol. The van der Waals surface area contributed by atoms with Crippen molar-refractivity contribution in [3.05, 3.63) is 18.0 Å². The van der Waals surface area contributed by atoms with Gasteiger partial charge in [0.2, 0.25) is 10.0 Å². The quantitative estimate of drug-likeness (QED) is 0.568. The molecule has 0 atom stereocenters. The normalized spacial score (nSPS) is 11.9. The number of unbranched alkanes of at least 4 members (excludes halogenated alkanes) is 1. The maximum atomic E-state index is 11.5. The smallest absolute Gasteiger partial charge is 0.211 e. The van der Waals surface area contributed by atoms with Crippen molar-refractivity contribution in [1.29, 1.82) is 0 Å². The van der Waals surface area contributed by atoms with Gasteiger partial charge >= 0.3 is 0 Å². The van der Waals surface area contributed by atoms with Crippen LogP contribution in [0.15, 0.2) is 12.3 Å². The van der Waals surface area contributed by atoms with Gasteiger partial charge in [0, 0.05) is 37.8 Å². The van der Waals surface area contributed by atoms with Gasteiger partial charge in [-0.25, -0.2) is 13.1 Å². The number of aromatic nitrogens is 2. The number of aryl methyl sites for hydroxylation is 1. The largest absolute Gasteiger partial charge is 0.273 e. The molecular weight excluding hydrogens is 262 g/mol. The highest BCUT2D eigenvalue weighted by Crippen LogP contribution is 1.99. The molecule has 1 N–H and O–H groups in total. The summed E-state index contributed by atoms with van der Waals surface area (Å²) in [6, 6.07) is 1.88. The van der Waals surface area contributed by atoms with Crippen molar-refractivity contribution < 1.29 is 8.42 Å². The molecule has 17 heavy (non-hydrogen) atoms. The molecule has 0 radical (unpaired) electrons. The number of nitrogens with zero attached hydrogens (tertiary/aromatic N) is 2. The van der Waals surface area contributed by atoms with Gasteiger partial charge in [-0.15, -0.1) is 11.6 Å². The van der Waals surface area contributed by atoms with E-state index in [0.29, 0.717) is 25.3 Å². The molecule has 7 heteroatoms. The van der Waals surface area contributed by atoms with E-state index in [1.807, 2.05) is 13.1 Å². The molecule has 5 nitrogen and oxygen atoms in total. The lowest BCUT2D eigenvalue weighted by molar-refractivity contribution is 0.576. The summed E-state index contributed by atoms with van der Waals surface area (Å²) >= 11 is 5.49. The Morgan fingerprint density at radius 1 is 1.47 bits per heavy atom. The zero-order chi connectivity index (χ0) is 12.7. The van der Waals surface area contributed by atoms with Gasteiger partial charge in [-0.2, -0.15) is 5.10 Å². The molecule has 1 aromatic rings. The van der Waals surface area contributed by atoms with Crippen LogP contribution in [0.1, 0.15) is 18.5 Å². The summed E-state index contributed by atoms with van der Waals surface area (Å²) in [6.07, 6.45) is 3.67. The number of halogens is 1. The van der Waals surface area contributed by atoms with E-state index in [0.717, 1.165) is 12.1 Å². The summed E-state index contributed by atoms with van der Waals surface area (Å²) in [6.45, 7) is 0.405. The van der Waals surface area contributed by atoms with Gasteiger partial charge in [0.25, 0.3) is 0 Å². The van der Waals surface area contributed by atoms with E-state index in [9.17, 15) is 8.42 Å². The van der Waals surface area contributed by atoms with Crippen molar-refractivity contribution in [2.75, 3.05) is 18.2 Å². The summed E-state index contributed by atoms with van der Waals surface area (Å²) in [5.41, 5.74) is 1.01. The van der Waals surface area contributed by atoms with Gasteiger partial charge < -0.3 is 0 Å². The molecule has 0 fully saturated rings. The summed E-state index contributed by atoms with van der Waals surface area (Å²) < 4.78 is 27.4. The van der Waals surface area contributed by atoms with Crippen molar-refractivity contribution in [3.8, 4) is 0 Å². The van der Waals surface area contributed by atoms with Crippen LogP contribution in [-0.4, -0.2) is 36.4 Å². The van der Waals surface area contributed by atoms with Gasteiger partial charge in [0.15, 0.2) is 0 Å². The fraction of sp³-hybridized carbons (Fsp3) is 0.700. The minimum atomic E-state index is -3.16. The van der Waals surface area contributed by atoms with Crippen molar-refractivity contribution in [2.45, 2.75) is 19.3 Å². The molecule has 0 saturated heterocycles. The first kappa shape index (κ1) is 14.5. The van der Waals surface area contributed by atoms with Crippen molar-refractivity contribution >= 4 is 21.6 Å². The van der Waals surface area contributed by atoms with E-state index in [1.165, 1.54) is 0 Å². The molecule has 0 aliphatic carbocycles. The molecule has 0 saturated carbocycles. The standard InChI is InChI=1S/C10H18ClN3O2S/c1-14-10(4-7-12-14)5-8-13-17(15,16)9-3-2-6-11/h4,7,13H,2-3,5-6,8-9H2,1H3. The molecule has 0 aliphatic heterocycles. The van der Waals surface area contributed by atoms with E-state index >= 15 is 0 Å². The summed E-state index contributed by atoms with van der Waals surface area (Å²) in [4.78, 5) is 0. The van der Waals surface area contributed by atoms with Crippen LogP contribution in [0.25, 0.3) is 0 Å². The highest BCUT2D eigenvalue weighted by molar-refractivity contribution is 7.89. The van der Waals surface area contributed by atoms with Crippen LogP contribution in [0.3, 0.4) is 0 Å². The molecule has 0 bridgehead atoms. The van der Waals surface area contributed by atoms with E-state index in [4.69, 9.17) is 11.6 Å². The topological polar surface area (TPSA) is 64.0 Å². The molecule has 1 rings (SSSR count). The third-order valence-corrected chi connectivity index (χ3v) is 4.16. The number of sulfonamides is 1. The van der Waals surface area contributed by atoms with Crippen LogP contribution >= 0.6 is 11.6 Å². The minimum Gasteiger partial charge on any atom is -0.273 e. The Kier molecular flexibility index (Phi) is 5.94. The van der Waals surface area contributed by atoms with Crippen LogP contribution in [0, 0.1) is 0 Å². The third-order valence-electron chi connectivity index (χ3n) is 2.42. The van der Waals surface area contributed by atoms with Gasteiger partial charge in [-0.05, 0) is 18.9 Å². The Morgan fingerprint density at radius 2 is 2.24 bits per heavy atom. The lowest BCUT2D eigenvalue weighted by Crippen LogP contribution is -2.28. The van der Waals surface area contributed by atoms with Crippen molar-refractivity contribution in [3.63, 3.8) is 0 Å².